The number of halogens is 3. The lowest BCUT2D eigenvalue weighted by Gasteiger charge is -2.09. The number of nitrogens with one attached hydrogen (secondary N) is 1. The number of hydrogen-bond donors (Lipinski definition) is 2. The molecule has 0 bridgehead atoms. The number of benzene rings is 1. The van der Waals surface area contributed by atoms with Crippen LogP contribution in [0.2, 0.25) is 0 Å². The van der Waals surface area contributed by atoms with E-state index in [1.54, 1.807) is 0 Å². The van der Waals surface area contributed by atoms with E-state index in [4.69, 9.17) is 5.73 Å². The van der Waals surface area contributed by atoms with Gasteiger partial charge in [0.2, 0.25) is 0 Å². The summed E-state index contributed by atoms with van der Waals surface area (Å²) in [5, 5.41) is 2.57. The summed E-state index contributed by atoms with van der Waals surface area (Å²) in [5.74, 6) is -3.15. The summed E-state index contributed by atoms with van der Waals surface area (Å²) < 4.78 is 39.5. The van der Waals surface area contributed by atoms with Crippen molar-refractivity contribution < 1.29 is 13.2 Å². The Hall–Kier alpha value is -2.31. The van der Waals surface area contributed by atoms with Crippen LogP contribution in [-0.2, 0) is 6.42 Å². The number of hydrogen-bond acceptors (Lipinski definition) is 4. The highest BCUT2D eigenvalue weighted by Gasteiger charge is 2.14. The Balaban J connectivity index is 2.32. The van der Waals surface area contributed by atoms with Gasteiger partial charge >= 0.3 is 0 Å². The zero-order valence-corrected chi connectivity index (χ0v) is 10.8. The summed E-state index contributed by atoms with van der Waals surface area (Å²) in [6.45, 7) is 1.95. The second-order valence-electron chi connectivity index (χ2n) is 4.19. The SMILES string of the molecule is CCCc1nc(N)cc(Nc2ccc(F)c(F)c2F)n1. The third-order valence-corrected chi connectivity index (χ3v) is 2.56. The average molecular weight is 282 g/mol. The van der Waals surface area contributed by atoms with Crippen molar-refractivity contribution in [3.8, 4) is 0 Å². The molecule has 20 heavy (non-hydrogen) atoms. The van der Waals surface area contributed by atoms with Gasteiger partial charge < -0.3 is 11.1 Å². The fraction of sp³-hybridized carbons (Fsp3) is 0.231. The van der Waals surface area contributed by atoms with Gasteiger partial charge in [-0.05, 0) is 18.6 Å². The van der Waals surface area contributed by atoms with Crippen molar-refractivity contribution in [2.75, 3.05) is 11.1 Å². The Morgan fingerprint density at radius 1 is 1.15 bits per heavy atom. The van der Waals surface area contributed by atoms with E-state index in [-0.39, 0.29) is 17.3 Å². The van der Waals surface area contributed by atoms with Crippen LogP contribution in [0.5, 0.6) is 0 Å². The second kappa shape index (κ2) is 5.77. The average Bonchev–Trinajstić information content (AvgIpc) is 2.39. The lowest BCUT2D eigenvalue weighted by molar-refractivity contribution is 0.449. The molecule has 0 radical (unpaired) electrons. The summed E-state index contributed by atoms with van der Waals surface area (Å²) in [4.78, 5) is 8.14. The fourth-order valence-electron chi connectivity index (χ4n) is 1.68. The summed E-state index contributed by atoms with van der Waals surface area (Å²) >= 11 is 0. The molecule has 1 aromatic carbocycles. The van der Waals surface area contributed by atoms with E-state index in [1.807, 2.05) is 6.92 Å². The molecule has 0 amide bonds. The largest absolute Gasteiger partial charge is 0.384 e. The normalized spacial score (nSPS) is 10.6. The van der Waals surface area contributed by atoms with Crippen LogP contribution < -0.4 is 11.1 Å². The quantitative estimate of drug-likeness (QED) is 0.845. The lowest BCUT2D eigenvalue weighted by Crippen LogP contribution is -2.05. The van der Waals surface area contributed by atoms with Crippen LogP contribution in [0.4, 0.5) is 30.5 Å². The third-order valence-electron chi connectivity index (χ3n) is 2.56. The Bertz CT molecular complexity index is 631. The zero-order valence-electron chi connectivity index (χ0n) is 10.8. The van der Waals surface area contributed by atoms with E-state index >= 15 is 0 Å². The highest BCUT2D eigenvalue weighted by atomic mass is 19.2. The van der Waals surface area contributed by atoms with E-state index in [2.05, 4.69) is 15.3 Å². The first-order valence-electron chi connectivity index (χ1n) is 6.05. The van der Waals surface area contributed by atoms with Gasteiger partial charge in [-0.3, -0.25) is 0 Å². The molecule has 0 aliphatic rings. The Morgan fingerprint density at radius 2 is 1.90 bits per heavy atom. The Labute approximate surface area is 113 Å². The van der Waals surface area contributed by atoms with Crippen LogP contribution in [0, 0.1) is 17.5 Å². The highest BCUT2D eigenvalue weighted by Crippen LogP contribution is 2.23. The minimum absolute atomic E-state index is 0.217. The van der Waals surface area contributed by atoms with Gasteiger partial charge in [0.25, 0.3) is 0 Å². The monoisotopic (exact) mass is 282 g/mol. The van der Waals surface area contributed by atoms with E-state index in [9.17, 15) is 13.2 Å². The summed E-state index contributed by atoms with van der Waals surface area (Å²) in [6.07, 6.45) is 1.43. The smallest absolute Gasteiger partial charge is 0.196 e. The topological polar surface area (TPSA) is 63.8 Å². The molecule has 0 saturated carbocycles. The van der Waals surface area contributed by atoms with E-state index in [0.717, 1.165) is 18.6 Å². The molecule has 0 atom stereocenters. The van der Waals surface area contributed by atoms with Gasteiger partial charge in [-0.1, -0.05) is 6.92 Å². The Kier molecular flexibility index (Phi) is 4.07. The van der Waals surface area contributed by atoms with Crippen molar-refractivity contribution in [1.82, 2.24) is 9.97 Å². The van der Waals surface area contributed by atoms with Gasteiger partial charge in [-0.2, -0.15) is 0 Å². The number of aryl methyl sites for hydroxylation is 1. The first-order valence-corrected chi connectivity index (χ1v) is 6.05. The summed E-state index contributed by atoms with van der Waals surface area (Å²) in [5.41, 5.74) is 5.40. The van der Waals surface area contributed by atoms with Crippen molar-refractivity contribution in [3.63, 3.8) is 0 Å². The number of nitrogens with two attached hydrogens (primary N) is 1. The summed E-state index contributed by atoms with van der Waals surface area (Å²) in [6, 6.07) is 3.31. The molecule has 0 spiro atoms. The predicted octanol–water partition coefficient (Wildman–Crippen LogP) is 3.17. The molecule has 0 aliphatic carbocycles. The van der Waals surface area contributed by atoms with Gasteiger partial charge in [-0.25, -0.2) is 23.1 Å². The van der Waals surface area contributed by atoms with Gasteiger partial charge in [-0.15, -0.1) is 0 Å². The first kappa shape index (κ1) is 14.1. The minimum atomic E-state index is -1.54. The maximum Gasteiger partial charge on any atom is 0.196 e. The first-order chi connectivity index (χ1) is 9.51. The molecule has 0 saturated heterocycles. The van der Waals surface area contributed by atoms with Gasteiger partial charge in [0.15, 0.2) is 17.5 Å². The predicted molar refractivity (Wildman–Crippen MR) is 70.0 cm³/mol. The van der Waals surface area contributed by atoms with Crippen LogP contribution >= 0.6 is 0 Å². The highest BCUT2D eigenvalue weighted by molar-refractivity contribution is 5.59. The number of nitrogens with zero attached hydrogens (tertiary/aromatic N) is 2. The molecular formula is C13H13F3N4. The molecule has 0 fully saturated rings. The molecule has 3 N–H and O–H groups in total. The molecule has 1 aromatic heterocycles. The second-order valence-corrected chi connectivity index (χ2v) is 4.19. The molecule has 1 heterocycles. The standard InChI is InChI=1S/C13H13F3N4/c1-2-3-10-19-9(17)6-11(20-10)18-8-5-4-7(14)12(15)13(8)16/h4-6H,2-3H2,1H3,(H3,17,18,19,20). The fourth-order valence-corrected chi connectivity index (χ4v) is 1.68. The van der Waals surface area contributed by atoms with Crippen molar-refractivity contribution >= 4 is 17.3 Å². The maximum atomic E-state index is 13.5. The maximum absolute atomic E-state index is 13.5. The molecule has 2 aromatic rings. The molecular weight excluding hydrogens is 269 g/mol. The third kappa shape index (κ3) is 2.98. The number of anilines is 3. The molecule has 0 unspecified atom stereocenters. The minimum Gasteiger partial charge on any atom is -0.384 e. The molecule has 4 nitrogen and oxygen atoms in total. The lowest BCUT2D eigenvalue weighted by atomic mass is 10.2. The molecule has 7 heteroatoms. The van der Waals surface area contributed by atoms with E-state index in [1.165, 1.54) is 6.07 Å². The molecule has 0 aliphatic heterocycles. The molecule has 106 valence electrons. The molecule has 2 rings (SSSR count). The van der Waals surface area contributed by atoms with Crippen LogP contribution in [0.1, 0.15) is 19.2 Å². The van der Waals surface area contributed by atoms with Crippen molar-refractivity contribution in [1.29, 1.82) is 0 Å². The van der Waals surface area contributed by atoms with Gasteiger partial charge in [0.1, 0.15) is 17.5 Å². The number of aromatic nitrogens is 2. The summed E-state index contributed by atoms with van der Waals surface area (Å²) in [7, 11) is 0. The van der Waals surface area contributed by atoms with Gasteiger partial charge in [0, 0.05) is 12.5 Å². The van der Waals surface area contributed by atoms with Crippen molar-refractivity contribution in [3.05, 3.63) is 41.5 Å². The number of nitrogen functional groups attached to an aromatic ring is 1. The van der Waals surface area contributed by atoms with Crippen LogP contribution in [0.15, 0.2) is 18.2 Å². The van der Waals surface area contributed by atoms with Crippen molar-refractivity contribution in [2.24, 2.45) is 0 Å². The van der Waals surface area contributed by atoms with E-state index in [0.29, 0.717) is 12.2 Å². The zero-order chi connectivity index (χ0) is 14.7. The van der Waals surface area contributed by atoms with Crippen LogP contribution in [-0.4, -0.2) is 9.97 Å². The van der Waals surface area contributed by atoms with E-state index < -0.39 is 17.5 Å². The van der Waals surface area contributed by atoms with Crippen LogP contribution in [0.3, 0.4) is 0 Å². The van der Waals surface area contributed by atoms with Crippen LogP contribution in [0.25, 0.3) is 0 Å². The number of rotatable bonds is 4. The Morgan fingerprint density at radius 3 is 2.60 bits per heavy atom. The van der Waals surface area contributed by atoms with Gasteiger partial charge in [0.05, 0.1) is 5.69 Å². The van der Waals surface area contributed by atoms with Crippen molar-refractivity contribution in [2.45, 2.75) is 19.8 Å².